The van der Waals surface area contributed by atoms with Crippen LogP contribution in [0.5, 0.6) is 0 Å². The molecule has 1 aliphatic carbocycles. The second kappa shape index (κ2) is 6.12. The molecule has 0 radical (unpaired) electrons. The van der Waals surface area contributed by atoms with Gasteiger partial charge in [0.25, 0.3) is 0 Å². The summed E-state index contributed by atoms with van der Waals surface area (Å²) in [6.45, 7) is 1.78. The lowest BCUT2D eigenvalue weighted by molar-refractivity contribution is -0.145. The molecule has 118 valence electrons. The maximum absolute atomic E-state index is 12.0. The molecule has 3 N–H and O–H groups in total. The van der Waals surface area contributed by atoms with Crippen LogP contribution in [0.2, 0.25) is 0 Å². The van der Waals surface area contributed by atoms with Gasteiger partial charge in [-0.3, -0.25) is 0 Å². The summed E-state index contributed by atoms with van der Waals surface area (Å²) >= 11 is 0. The van der Waals surface area contributed by atoms with E-state index in [9.17, 15) is 9.59 Å². The number of hydrogen-bond acceptors (Lipinski definition) is 3. The average Bonchev–Trinajstić information content (AvgIpc) is 2.86. The van der Waals surface area contributed by atoms with E-state index >= 15 is 0 Å². The highest BCUT2D eigenvalue weighted by atomic mass is 16.5. The molecule has 0 spiro atoms. The molecule has 0 heterocycles. The van der Waals surface area contributed by atoms with Gasteiger partial charge in [-0.25, -0.2) is 9.59 Å². The second-order valence-corrected chi connectivity index (χ2v) is 5.59. The van der Waals surface area contributed by atoms with Crippen molar-refractivity contribution in [2.45, 2.75) is 18.9 Å². The van der Waals surface area contributed by atoms with Gasteiger partial charge in [0.2, 0.25) is 0 Å². The topological polar surface area (TPSA) is 81.4 Å². The van der Waals surface area contributed by atoms with E-state index in [-0.39, 0.29) is 12.5 Å². The summed E-state index contributed by atoms with van der Waals surface area (Å²) in [5.74, 6) is -0.488. The van der Waals surface area contributed by atoms with Crippen LogP contribution in [-0.2, 0) is 9.53 Å². The third kappa shape index (κ3) is 2.90. The van der Waals surface area contributed by atoms with Crippen LogP contribution in [0.4, 0.5) is 4.79 Å². The number of carbonyl (C=O) groups is 2. The van der Waals surface area contributed by atoms with Crippen LogP contribution in [0.15, 0.2) is 48.5 Å². The zero-order chi connectivity index (χ0) is 16.4. The minimum absolute atomic E-state index is 0.00660. The van der Waals surface area contributed by atoms with E-state index in [1.165, 1.54) is 11.1 Å². The number of nitrogens with one attached hydrogen (secondary N) is 1. The highest BCUT2D eigenvalue weighted by Crippen LogP contribution is 2.44. The van der Waals surface area contributed by atoms with Gasteiger partial charge in [-0.2, -0.15) is 0 Å². The van der Waals surface area contributed by atoms with Crippen molar-refractivity contribution in [3.05, 3.63) is 59.7 Å². The van der Waals surface area contributed by atoms with Gasteiger partial charge in [-0.15, -0.1) is 0 Å². The SMILES string of the molecule is CC(NC(N)=O)C(=O)OCC1c2ccccc2-c2ccccc21. The normalized spacial score (nSPS) is 13.8. The Morgan fingerprint density at radius 3 is 2.13 bits per heavy atom. The van der Waals surface area contributed by atoms with Gasteiger partial charge in [0.05, 0.1) is 0 Å². The van der Waals surface area contributed by atoms with Crippen molar-refractivity contribution in [2.75, 3.05) is 6.61 Å². The standard InChI is InChI=1S/C18H18N2O3/c1-11(20-18(19)22)17(21)23-10-16-14-8-4-2-6-12(14)13-7-3-5-9-15(13)16/h2-9,11,16H,10H2,1H3,(H3,19,20,22). The van der Waals surface area contributed by atoms with E-state index in [1.807, 2.05) is 24.3 Å². The van der Waals surface area contributed by atoms with Crippen molar-refractivity contribution in [1.29, 1.82) is 0 Å². The fourth-order valence-electron chi connectivity index (χ4n) is 3.00. The first-order valence-electron chi connectivity index (χ1n) is 7.48. The van der Waals surface area contributed by atoms with Gasteiger partial charge in [0.15, 0.2) is 0 Å². The van der Waals surface area contributed by atoms with Gasteiger partial charge < -0.3 is 15.8 Å². The quantitative estimate of drug-likeness (QED) is 0.851. The summed E-state index contributed by atoms with van der Waals surface area (Å²) in [6, 6.07) is 14.7. The summed E-state index contributed by atoms with van der Waals surface area (Å²) < 4.78 is 5.39. The molecular weight excluding hydrogens is 292 g/mol. The minimum atomic E-state index is -0.764. The molecule has 0 fully saturated rings. The summed E-state index contributed by atoms with van der Waals surface area (Å²) in [4.78, 5) is 22.8. The molecule has 23 heavy (non-hydrogen) atoms. The molecule has 1 unspecified atom stereocenters. The molecule has 1 atom stereocenters. The van der Waals surface area contributed by atoms with E-state index in [0.717, 1.165) is 11.1 Å². The van der Waals surface area contributed by atoms with Crippen LogP contribution >= 0.6 is 0 Å². The first-order chi connectivity index (χ1) is 11.1. The fraction of sp³-hybridized carbons (Fsp3) is 0.222. The Bertz CT molecular complexity index is 712. The maximum Gasteiger partial charge on any atom is 0.328 e. The van der Waals surface area contributed by atoms with Gasteiger partial charge >= 0.3 is 12.0 Å². The van der Waals surface area contributed by atoms with Crippen LogP contribution in [0, 0.1) is 0 Å². The largest absolute Gasteiger partial charge is 0.463 e. The van der Waals surface area contributed by atoms with Crippen LogP contribution < -0.4 is 11.1 Å². The number of carbonyl (C=O) groups excluding carboxylic acids is 2. The van der Waals surface area contributed by atoms with E-state index < -0.39 is 18.0 Å². The molecular formula is C18H18N2O3. The van der Waals surface area contributed by atoms with E-state index in [4.69, 9.17) is 10.5 Å². The number of primary amides is 1. The van der Waals surface area contributed by atoms with Crippen LogP contribution in [-0.4, -0.2) is 24.6 Å². The number of nitrogens with two attached hydrogens (primary N) is 1. The highest BCUT2D eigenvalue weighted by Gasteiger charge is 2.29. The molecule has 2 aromatic carbocycles. The lowest BCUT2D eigenvalue weighted by Gasteiger charge is -2.16. The van der Waals surface area contributed by atoms with Crippen LogP contribution in [0.25, 0.3) is 11.1 Å². The molecule has 3 rings (SSSR count). The Morgan fingerprint density at radius 2 is 1.61 bits per heavy atom. The second-order valence-electron chi connectivity index (χ2n) is 5.59. The molecule has 5 heteroatoms. The van der Waals surface area contributed by atoms with Crippen molar-refractivity contribution in [1.82, 2.24) is 5.32 Å². The lowest BCUT2D eigenvalue weighted by Crippen LogP contribution is -2.42. The van der Waals surface area contributed by atoms with Crippen molar-refractivity contribution in [3.8, 4) is 11.1 Å². The molecule has 1 aliphatic rings. The number of urea groups is 1. The number of benzene rings is 2. The monoisotopic (exact) mass is 310 g/mol. The summed E-state index contributed by atoms with van der Waals surface area (Å²) in [5, 5.41) is 2.32. The number of fused-ring (bicyclic) bond motifs is 3. The molecule has 0 aliphatic heterocycles. The smallest absolute Gasteiger partial charge is 0.328 e. The van der Waals surface area contributed by atoms with Gasteiger partial charge in [-0.1, -0.05) is 48.5 Å². The van der Waals surface area contributed by atoms with Crippen molar-refractivity contribution >= 4 is 12.0 Å². The Morgan fingerprint density at radius 1 is 1.09 bits per heavy atom. The maximum atomic E-state index is 12.0. The average molecular weight is 310 g/mol. The summed E-state index contributed by atoms with van der Waals surface area (Å²) in [5.41, 5.74) is 9.67. The van der Waals surface area contributed by atoms with Crippen LogP contribution in [0.3, 0.4) is 0 Å². The Kier molecular flexibility index (Phi) is 4.02. The Labute approximate surface area is 134 Å². The Hall–Kier alpha value is -2.82. The summed E-state index contributed by atoms with van der Waals surface area (Å²) in [7, 11) is 0. The molecule has 2 aromatic rings. The fourth-order valence-corrected chi connectivity index (χ4v) is 3.00. The number of ether oxygens (including phenoxy) is 1. The van der Waals surface area contributed by atoms with Gasteiger partial charge in [-0.05, 0) is 29.2 Å². The third-order valence-corrected chi connectivity index (χ3v) is 4.07. The molecule has 0 saturated heterocycles. The summed E-state index contributed by atoms with van der Waals surface area (Å²) in [6.07, 6.45) is 0. The Balaban J connectivity index is 1.78. The first kappa shape index (κ1) is 15.1. The van der Waals surface area contributed by atoms with Crippen molar-refractivity contribution in [2.24, 2.45) is 5.73 Å². The van der Waals surface area contributed by atoms with E-state index in [1.54, 1.807) is 6.92 Å². The molecule has 0 saturated carbocycles. The van der Waals surface area contributed by atoms with E-state index in [2.05, 4.69) is 29.6 Å². The molecule has 2 amide bonds. The predicted molar refractivity (Wildman–Crippen MR) is 86.9 cm³/mol. The predicted octanol–water partition coefficient (Wildman–Crippen LogP) is 2.40. The number of esters is 1. The lowest BCUT2D eigenvalue weighted by atomic mass is 9.98. The van der Waals surface area contributed by atoms with Crippen molar-refractivity contribution in [3.63, 3.8) is 0 Å². The highest BCUT2D eigenvalue weighted by molar-refractivity contribution is 5.83. The van der Waals surface area contributed by atoms with Gasteiger partial charge in [0, 0.05) is 5.92 Å². The first-order valence-corrected chi connectivity index (χ1v) is 7.48. The zero-order valence-electron chi connectivity index (χ0n) is 12.8. The van der Waals surface area contributed by atoms with E-state index in [0.29, 0.717) is 0 Å². The molecule has 0 bridgehead atoms. The molecule has 0 aromatic heterocycles. The number of amides is 2. The van der Waals surface area contributed by atoms with Crippen LogP contribution in [0.1, 0.15) is 24.0 Å². The van der Waals surface area contributed by atoms with Gasteiger partial charge in [0.1, 0.15) is 12.6 Å². The zero-order valence-corrected chi connectivity index (χ0v) is 12.8. The molecule has 5 nitrogen and oxygen atoms in total. The minimum Gasteiger partial charge on any atom is -0.463 e. The van der Waals surface area contributed by atoms with Crippen molar-refractivity contribution < 1.29 is 14.3 Å². The number of hydrogen-bond donors (Lipinski definition) is 2. The third-order valence-electron chi connectivity index (χ3n) is 4.07. The number of rotatable bonds is 4.